The first-order valence-corrected chi connectivity index (χ1v) is 5.95. The first kappa shape index (κ1) is 10.7. The molecule has 84 valence electrons. The van der Waals surface area contributed by atoms with Crippen LogP contribution < -0.4 is 5.73 Å². The molecule has 0 aliphatic heterocycles. The van der Waals surface area contributed by atoms with Crippen LogP contribution in [0.15, 0.2) is 10.6 Å². The van der Waals surface area contributed by atoms with Crippen LogP contribution in [0.25, 0.3) is 0 Å². The third-order valence-corrected chi connectivity index (χ3v) is 3.40. The molecule has 1 aliphatic rings. The molecular weight excluding hydrogens is 188 g/mol. The van der Waals surface area contributed by atoms with Gasteiger partial charge in [-0.2, -0.15) is 0 Å². The van der Waals surface area contributed by atoms with Crippen LogP contribution in [0.2, 0.25) is 0 Å². The van der Waals surface area contributed by atoms with Gasteiger partial charge in [-0.3, -0.25) is 0 Å². The van der Waals surface area contributed by atoms with Crippen LogP contribution in [-0.2, 0) is 6.42 Å². The molecule has 0 bridgehead atoms. The fourth-order valence-corrected chi connectivity index (χ4v) is 2.34. The summed E-state index contributed by atoms with van der Waals surface area (Å²) < 4.78 is 5.26. The van der Waals surface area contributed by atoms with Gasteiger partial charge in [0.1, 0.15) is 5.76 Å². The van der Waals surface area contributed by atoms with Crippen molar-refractivity contribution < 1.29 is 4.52 Å². The Morgan fingerprint density at radius 2 is 2.13 bits per heavy atom. The molecule has 3 nitrogen and oxygen atoms in total. The molecule has 3 heteroatoms. The highest BCUT2D eigenvalue weighted by Crippen LogP contribution is 2.34. The zero-order valence-electron chi connectivity index (χ0n) is 9.41. The van der Waals surface area contributed by atoms with Gasteiger partial charge in [-0.15, -0.1) is 0 Å². The van der Waals surface area contributed by atoms with Gasteiger partial charge in [0.25, 0.3) is 0 Å². The minimum Gasteiger partial charge on any atom is -0.361 e. The van der Waals surface area contributed by atoms with Crippen molar-refractivity contribution in [1.29, 1.82) is 0 Å². The van der Waals surface area contributed by atoms with E-state index in [1.165, 1.54) is 25.7 Å². The van der Waals surface area contributed by atoms with Crippen molar-refractivity contribution in [1.82, 2.24) is 5.16 Å². The van der Waals surface area contributed by atoms with Gasteiger partial charge in [0.15, 0.2) is 0 Å². The van der Waals surface area contributed by atoms with Gasteiger partial charge < -0.3 is 10.3 Å². The molecular formula is C12H20N2O. The number of hydrogen-bond acceptors (Lipinski definition) is 3. The Kier molecular flexibility index (Phi) is 3.41. The summed E-state index contributed by atoms with van der Waals surface area (Å²) in [6.07, 6.45) is 5.97. The van der Waals surface area contributed by atoms with Crippen LogP contribution in [-0.4, -0.2) is 11.7 Å². The Morgan fingerprint density at radius 3 is 2.80 bits per heavy atom. The second-order valence-electron chi connectivity index (χ2n) is 4.71. The molecule has 1 aromatic rings. The maximum Gasteiger partial charge on any atom is 0.138 e. The van der Waals surface area contributed by atoms with E-state index in [-0.39, 0.29) is 0 Å². The summed E-state index contributed by atoms with van der Waals surface area (Å²) in [5.74, 6) is 2.44. The molecule has 0 spiro atoms. The van der Waals surface area contributed by atoms with Gasteiger partial charge in [-0.25, -0.2) is 0 Å². The lowest BCUT2D eigenvalue weighted by Crippen LogP contribution is -2.10. The Balaban J connectivity index is 1.96. The molecule has 1 aliphatic carbocycles. The summed E-state index contributed by atoms with van der Waals surface area (Å²) in [4.78, 5) is 0. The smallest absolute Gasteiger partial charge is 0.138 e. The number of nitrogens with two attached hydrogens (primary N) is 1. The molecule has 1 aromatic heterocycles. The number of rotatable bonds is 3. The lowest BCUT2D eigenvalue weighted by molar-refractivity contribution is 0.324. The Bertz CT molecular complexity index is 300. The molecule has 0 atom stereocenters. The van der Waals surface area contributed by atoms with Crippen molar-refractivity contribution in [2.75, 3.05) is 6.54 Å². The highest BCUT2D eigenvalue weighted by molar-refractivity contribution is 5.11. The van der Waals surface area contributed by atoms with E-state index in [1.54, 1.807) is 0 Å². The van der Waals surface area contributed by atoms with E-state index in [0.717, 1.165) is 23.8 Å². The van der Waals surface area contributed by atoms with E-state index in [9.17, 15) is 0 Å². The van der Waals surface area contributed by atoms with Gasteiger partial charge >= 0.3 is 0 Å². The van der Waals surface area contributed by atoms with Gasteiger partial charge in [-0.05, 0) is 25.3 Å². The van der Waals surface area contributed by atoms with Crippen molar-refractivity contribution >= 4 is 0 Å². The monoisotopic (exact) mass is 208 g/mol. The van der Waals surface area contributed by atoms with Crippen molar-refractivity contribution in [3.05, 3.63) is 17.5 Å². The van der Waals surface area contributed by atoms with E-state index in [4.69, 9.17) is 10.3 Å². The predicted octanol–water partition coefficient (Wildman–Crippen LogP) is 2.47. The van der Waals surface area contributed by atoms with Gasteiger partial charge in [0.05, 0.1) is 5.69 Å². The average Bonchev–Trinajstić information content (AvgIpc) is 2.68. The Hall–Kier alpha value is -0.830. The van der Waals surface area contributed by atoms with Crippen molar-refractivity contribution in [3.63, 3.8) is 0 Å². The maximum atomic E-state index is 5.48. The van der Waals surface area contributed by atoms with Crippen LogP contribution in [0.4, 0.5) is 0 Å². The summed E-state index contributed by atoms with van der Waals surface area (Å²) in [6, 6.07) is 2.09. The van der Waals surface area contributed by atoms with E-state index in [0.29, 0.717) is 12.5 Å². The minimum atomic E-state index is 0.622. The van der Waals surface area contributed by atoms with Crippen LogP contribution in [0.3, 0.4) is 0 Å². The van der Waals surface area contributed by atoms with Crippen molar-refractivity contribution in [2.45, 2.75) is 44.9 Å². The largest absolute Gasteiger partial charge is 0.361 e. The molecule has 2 N–H and O–H groups in total. The second kappa shape index (κ2) is 4.79. The first-order valence-electron chi connectivity index (χ1n) is 5.95. The van der Waals surface area contributed by atoms with Gasteiger partial charge in [-0.1, -0.05) is 24.9 Å². The lowest BCUT2D eigenvalue weighted by atomic mass is 9.81. The van der Waals surface area contributed by atoms with Crippen LogP contribution in [0.1, 0.15) is 50.0 Å². The molecule has 0 amide bonds. The van der Waals surface area contributed by atoms with Crippen LogP contribution in [0.5, 0.6) is 0 Å². The molecule has 1 heterocycles. The molecule has 0 unspecified atom stereocenters. The molecule has 2 rings (SSSR count). The average molecular weight is 208 g/mol. The molecule has 1 saturated carbocycles. The van der Waals surface area contributed by atoms with Crippen LogP contribution >= 0.6 is 0 Å². The molecule has 0 radical (unpaired) electrons. The van der Waals surface area contributed by atoms with Crippen LogP contribution in [0, 0.1) is 5.92 Å². The van der Waals surface area contributed by atoms with E-state index < -0.39 is 0 Å². The standard InChI is InChI=1S/C12H20N2O/c1-9-2-4-10(5-3-9)12-8-11(6-7-13)15-14-12/h8-10H,2-7,13H2,1H3. The molecule has 1 fully saturated rings. The fraction of sp³-hybridized carbons (Fsp3) is 0.750. The molecule has 0 saturated heterocycles. The van der Waals surface area contributed by atoms with Gasteiger partial charge in [0, 0.05) is 18.4 Å². The SMILES string of the molecule is CC1CCC(c2cc(CCN)on2)CC1. The topological polar surface area (TPSA) is 52.0 Å². The van der Waals surface area contributed by atoms with Crippen molar-refractivity contribution in [3.8, 4) is 0 Å². The van der Waals surface area contributed by atoms with E-state index in [2.05, 4.69) is 18.1 Å². The molecule has 15 heavy (non-hydrogen) atoms. The number of aromatic nitrogens is 1. The van der Waals surface area contributed by atoms with E-state index >= 15 is 0 Å². The zero-order chi connectivity index (χ0) is 10.7. The minimum absolute atomic E-state index is 0.622. The lowest BCUT2D eigenvalue weighted by Gasteiger charge is -2.24. The summed E-state index contributed by atoms with van der Waals surface area (Å²) in [5, 5.41) is 4.15. The third-order valence-electron chi connectivity index (χ3n) is 3.40. The third kappa shape index (κ3) is 2.59. The highest BCUT2D eigenvalue weighted by Gasteiger charge is 2.22. The number of nitrogens with zero attached hydrogens (tertiary/aromatic N) is 1. The first-order chi connectivity index (χ1) is 7.29. The summed E-state index contributed by atoms with van der Waals surface area (Å²) >= 11 is 0. The van der Waals surface area contributed by atoms with Crippen molar-refractivity contribution in [2.24, 2.45) is 11.7 Å². The number of hydrogen-bond donors (Lipinski definition) is 1. The zero-order valence-corrected chi connectivity index (χ0v) is 9.41. The molecule has 0 aromatic carbocycles. The quantitative estimate of drug-likeness (QED) is 0.830. The summed E-state index contributed by atoms with van der Waals surface area (Å²) in [5.41, 5.74) is 6.62. The summed E-state index contributed by atoms with van der Waals surface area (Å²) in [6.45, 7) is 2.97. The highest BCUT2D eigenvalue weighted by atomic mass is 16.5. The predicted molar refractivity (Wildman–Crippen MR) is 59.6 cm³/mol. The van der Waals surface area contributed by atoms with E-state index in [1.807, 2.05) is 0 Å². The normalized spacial score (nSPS) is 26.8. The Labute approximate surface area is 91.0 Å². The maximum absolute atomic E-state index is 5.48. The second-order valence-corrected chi connectivity index (χ2v) is 4.71. The Morgan fingerprint density at radius 1 is 1.40 bits per heavy atom. The fourth-order valence-electron chi connectivity index (χ4n) is 2.34. The summed E-state index contributed by atoms with van der Waals surface area (Å²) in [7, 11) is 0. The van der Waals surface area contributed by atoms with Gasteiger partial charge in [0.2, 0.25) is 0 Å².